The van der Waals surface area contributed by atoms with E-state index in [1.54, 1.807) is 20.8 Å². The lowest BCUT2D eigenvalue weighted by Crippen LogP contribution is -2.43. The second kappa shape index (κ2) is 8.61. The standard InChI is InChI=1S/C16H24N2O7/c1-16(2,3)25-14(22)7-4-10(15(23)24)17-11(19)8-9-18-12(20)5-6-13(18)21/h5-6,10,12,20H,4,7-9H2,1-3H3,(H,17,19)(H,23,24)/t10-,12?/m0/s1. The van der Waals surface area contributed by atoms with E-state index in [1.165, 1.54) is 12.2 Å². The van der Waals surface area contributed by atoms with Gasteiger partial charge in [-0.25, -0.2) is 4.79 Å². The number of aliphatic hydroxyl groups is 1. The van der Waals surface area contributed by atoms with E-state index in [4.69, 9.17) is 9.84 Å². The molecular weight excluding hydrogens is 332 g/mol. The molecule has 0 radical (unpaired) electrons. The summed E-state index contributed by atoms with van der Waals surface area (Å²) < 4.78 is 5.09. The molecule has 1 unspecified atom stereocenters. The van der Waals surface area contributed by atoms with Gasteiger partial charge < -0.3 is 25.2 Å². The number of rotatable bonds is 8. The molecular formula is C16H24N2O7. The van der Waals surface area contributed by atoms with Crippen LogP contribution in [0.15, 0.2) is 12.2 Å². The second-order valence-corrected chi connectivity index (χ2v) is 6.64. The lowest BCUT2D eigenvalue weighted by atomic mass is 10.1. The third-order valence-electron chi connectivity index (χ3n) is 3.28. The second-order valence-electron chi connectivity index (χ2n) is 6.64. The van der Waals surface area contributed by atoms with Crippen molar-refractivity contribution in [3.63, 3.8) is 0 Å². The number of carbonyl (C=O) groups is 4. The number of esters is 1. The summed E-state index contributed by atoms with van der Waals surface area (Å²) in [5.41, 5.74) is -0.670. The molecule has 0 aromatic rings. The molecule has 0 spiro atoms. The van der Waals surface area contributed by atoms with E-state index in [0.29, 0.717) is 0 Å². The topological polar surface area (TPSA) is 133 Å². The summed E-state index contributed by atoms with van der Waals surface area (Å²) in [6.07, 6.45) is 0.985. The molecule has 0 aromatic heterocycles. The third kappa shape index (κ3) is 7.34. The van der Waals surface area contributed by atoms with Gasteiger partial charge in [0.1, 0.15) is 17.9 Å². The van der Waals surface area contributed by atoms with Crippen LogP contribution in [-0.4, -0.2) is 63.3 Å². The Hall–Kier alpha value is -2.42. The number of hydrogen-bond acceptors (Lipinski definition) is 6. The lowest BCUT2D eigenvalue weighted by Gasteiger charge is -2.21. The maximum atomic E-state index is 11.9. The summed E-state index contributed by atoms with van der Waals surface area (Å²) in [7, 11) is 0. The van der Waals surface area contributed by atoms with E-state index in [0.717, 1.165) is 4.90 Å². The number of carbonyl (C=O) groups excluding carboxylic acids is 3. The number of carboxylic acid groups (broad SMARTS) is 1. The van der Waals surface area contributed by atoms with Crippen molar-refractivity contribution >= 4 is 23.8 Å². The van der Waals surface area contributed by atoms with Crippen molar-refractivity contribution in [2.24, 2.45) is 0 Å². The van der Waals surface area contributed by atoms with E-state index >= 15 is 0 Å². The van der Waals surface area contributed by atoms with Crippen LogP contribution in [0.5, 0.6) is 0 Å². The Kier molecular flexibility index (Phi) is 7.10. The zero-order chi connectivity index (χ0) is 19.2. The van der Waals surface area contributed by atoms with Crippen molar-refractivity contribution in [3.8, 4) is 0 Å². The minimum atomic E-state index is -1.27. The van der Waals surface area contributed by atoms with Gasteiger partial charge in [0, 0.05) is 25.5 Å². The Labute approximate surface area is 145 Å². The van der Waals surface area contributed by atoms with Crippen LogP contribution in [0.1, 0.15) is 40.0 Å². The van der Waals surface area contributed by atoms with Crippen molar-refractivity contribution < 1.29 is 34.1 Å². The molecule has 9 nitrogen and oxygen atoms in total. The summed E-state index contributed by atoms with van der Waals surface area (Å²) in [5, 5.41) is 21.0. The fraction of sp³-hybridized carbons (Fsp3) is 0.625. The van der Waals surface area contributed by atoms with Crippen LogP contribution in [0.4, 0.5) is 0 Å². The first-order chi connectivity index (χ1) is 11.5. The van der Waals surface area contributed by atoms with Gasteiger partial charge in [0.05, 0.1) is 0 Å². The molecule has 0 aliphatic carbocycles. The number of aliphatic carboxylic acids is 1. The number of nitrogens with one attached hydrogen (secondary N) is 1. The van der Waals surface area contributed by atoms with Gasteiger partial charge in [-0.2, -0.15) is 0 Å². The quantitative estimate of drug-likeness (QED) is 0.512. The zero-order valence-corrected chi connectivity index (χ0v) is 14.5. The molecule has 2 atom stereocenters. The van der Waals surface area contributed by atoms with Crippen molar-refractivity contribution in [2.75, 3.05) is 6.54 Å². The molecule has 1 aliphatic rings. The predicted molar refractivity (Wildman–Crippen MR) is 86.1 cm³/mol. The zero-order valence-electron chi connectivity index (χ0n) is 14.5. The molecule has 25 heavy (non-hydrogen) atoms. The summed E-state index contributed by atoms with van der Waals surface area (Å²) in [6, 6.07) is -1.24. The molecule has 2 amide bonds. The molecule has 0 bridgehead atoms. The van der Waals surface area contributed by atoms with Gasteiger partial charge in [0.15, 0.2) is 0 Å². The van der Waals surface area contributed by atoms with Crippen LogP contribution in [0.2, 0.25) is 0 Å². The Bertz CT molecular complexity index is 565. The maximum Gasteiger partial charge on any atom is 0.326 e. The number of aliphatic hydroxyl groups excluding tert-OH is 1. The highest BCUT2D eigenvalue weighted by molar-refractivity contribution is 5.91. The number of hydrogen-bond donors (Lipinski definition) is 3. The molecule has 3 N–H and O–H groups in total. The Morgan fingerprint density at radius 3 is 2.44 bits per heavy atom. The Morgan fingerprint density at radius 2 is 1.96 bits per heavy atom. The molecule has 140 valence electrons. The number of carboxylic acids is 1. The van der Waals surface area contributed by atoms with Crippen LogP contribution in [0, 0.1) is 0 Å². The highest BCUT2D eigenvalue weighted by Crippen LogP contribution is 2.11. The minimum Gasteiger partial charge on any atom is -0.480 e. The van der Waals surface area contributed by atoms with Crippen LogP contribution in [0.25, 0.3) is 0 Å². The largest absolute Gasteiger partial charge is 0.480 e. The Morgan fingerprint density at radius 1 is 1.32 bits per heavy atom. The molecule has 1 heterocycles. The molecule has 0 aromatic carbocycles. The molecule has 0 saturated carbocycles. The monoisotopic (exact) mass is 356 g/mol. The molecule has 0 fully saturated rings. The highest BCUT2D eigenvalue weighted by atomic mass is 16.6. The fourth-order valence-corrected chi connectivity index (χ4v) is 2.14. The van der Waals surface area contributed by atoms with Gasteiger partial charge in [-0.15, -0.1) is 0 Å². The van der Waals surface area contributed by atoms with Crippen LogP contribution in [-0.2, 0) is 23.9 Å². The van der Waals surface area contributed by atoms with Crippen molar-refractivity contribution in [3.05, 3.63) is 12.2 Å². The summed E-state index contributed by atoms with van der Waals surface area (Å²) in [4.78, 5) is 47.2. The summed E-state index contributed by atoms with van der Waals surface area (Å²) >= 11 is 0. The van der Waals surface area contributed by atoms with E-state index < -0.39 is 41.6 Å². The van der Waals surface area contributed by atoms with Crippen molar-refractivity contribution in [1.29, 1.82) is 0 Å². The minimum absolute atomic E-state index is 0.0444. The van der Waals surface area contributed by atoms with Gasteiger partial charge in [0.2, 0.25) is 11.8 Å². The van der Waals surface area contributed by atoms with Gasteiger partial charge in [0.25, 0.3) is 0 Å². The SMILES string of the molecule is CC(C)(C)OC(=O)CC[C@H](NC(=O)CCN1C(=O)C=CC1O)C(=O)O. The third-order valence-corrected chi connectivity index (χ3v) is 3.28. The first kappa shape index (κ1) is 20.6. The van der Waals surface area contributed by atoms with E-state index in [9.17, 15) is 24.3 Å². The van der Waals surface area contributed by atoms with E-state index in [2.05, 4.69) is 5.32 Å². The average molecular weight is 356 g/mol. The van der Waals surface area contributed by atoms with Crippen molar-refractivity contribution in [2.45, 2.75) is 57.9 Å². The molecule has 1 aliphatic heterocycles. The van der Waals surface area contributed by atoms with Gasteiger partial charge in [-0.3, -0.25) is 14.4 Å². The fourth-order valence-electron chi connectivity index (χ4n) is 2.14. The number of nitrogens with zero attached hydrogens (tertiary/aromatic N) is 1. The van der Waals surface area contributed by atoms with Crippen molar-refractivity contribution in [1.82, 2.24) is 10.2 Å². The van der Waals surface area contributed by atoms with Crippen LogP contribution >= 0.6 is 0 Å². The van der Waals surface area contributed by atoms with E-state index in [1.807, 2.05) is 0 Å². The van der Waals surface area contributed by atoms with Crippen LogP contribution < -0.4 is 5.32 Å². The van der Waals surface area contributed by atoms with Gasteiger partial charge in [-0.05, 0) is 33.3 Å². The Balaban J connectivity index is 2.43. The first-order valence-corrected chi connectivity index (χ1v) is 7.90. The van der Waals surface area contributed by atoms with Gasteiger partial charge in [-0.1, -0.05) is 0 Å². The smallest absolute Gasteiger partial charge is 0.326 e. The highest BCUT2D eigenvalue weighted by Gasteiger charge is 2.26. The molecule has 1 rings (SSSR count). The average Bonchev–Trinajstić information content (AvgIpc) is 2.78. The van der Waals surface area contributed by atoms with Crippen LogP contribution in [0.3, 0.4) is 0 Å². The van der Waals surface area contributed by atoms with Gasteiger partial charge >= 0.3 is 11.9 Å². The maximum absolute atomic E-state index is 11.9. The molecule has 0 saturated heterocycles. The summed E-state index contributed by atoms with van der Waals surface area (Å²) in [6.45, 7) is 5.05. The first-order valence-electron chi connectivity index (χ1n) is 7.90. The van der Waals surface area contributed by atoms with E-state index in [-0.39, 0.29) is 25.8 Å². The molecule has 9 heteroatoms. The summed E-state index contributed by atoms with van der Waals surface area (Å²) in [5.74, 6) is -2.83. The normalized spacial score (nSPS) is 18.2. The number of amides is 2. The predicted octanol–water partition coefficient (Wildman–Crippen LogP) is -0.215. The number of ether oxygens (including phenoxy) is 1. The lowest BCUT2D eigenvalue weighted by molar-refractivity contribution is -0.155.